The van der Waals surface area contributed by atoms with E-state index in [0.29, 0.717) is 0 Å². The molecule has 0 aliphatic rings. The van der Waals surface area contributed by atoms with Crippen LogP contribution in [0.25, 0.3) is 0 Å². The van der Waals surface area contributed by atoms with Crippen LogP contribution in [0.4, 0.5) is 22.0 Å². The minimum atomic E-state index is -5.50. The van der Waals surface area contributed by atoms with E-state index in [4.69, 9.17) is 4.39 Å². The van der Waals surface area contributed by atoms with Crippen molar-refractivity contribution in [3.8, 4) is 0 Å². The van der Waals surface area contributed by atoms with Gasteiger partial charge in [0.25, 0.3) is 0 Å². The van der Waals surface area contributed by atoms with E-state index in [0.717, 1.165) is 0 Å². The molecule has 43 valence electrons. The van der Waals surface area contributed by atoms with E-state index in [-0.39, 0.29) is 0 Å². The summed E-state index contributed by atoms with van der Waals surface area (Å²) in [5.41, 5.74) is 0. The molecule has 0 aromatic heterocycles. The first-order valence-electron chi connectivity index (χ1n) is 0.945. The van der Waals surface area contributed by atoms with E-state index in [1.54, 1.807) is 0 Å². The van der Waals surface area contributed by atoms with Gasteiger partial charge in [0.15, 0.2) is 0 Å². The van der Waals surface area contributed by atoms with Gasteiger partial charge in [-0.25, -0.2) is 4.39 Å². The first-order chi connectivity index (χ1) is 3.00. The molecule has 5 heteroatoms. The van der Waals surface area contributed by atoms with Gasteiger partial charge in [0.1, 0.15) is 0 Å². The molecule has 0 rings (SSSR count). The Labute approximate surface area is 36.9 Å². The van der Waals surface area contributed by atoms with Crippen LogP contribution < -0.4 is 0 Å². The van der Waals surface area contributed by atoms with Gasteiger partial charge in [0, 0.05) is 0 Å². The predicted molar refractivity (Wildman–Crippen MR) is 11.5 cm³/mol. The van der Waals surface area contributed by atoms with Crippen LogP contribution in [0.3, 0.4) is 0 Å². The Balaban J connectivity index is 0. The second-order valence-electron chi connectivity index (χ2n) is 0.429. The highest BCUT2D eigenvalue weighted by Crippen LogP contribution is 2.13. The zero-order valence-electron chi connectivity index (χ0n) is 2.89. The largest absolute Gasteiger partial charge is 0.559 e. The molecule has 0 nitrogen and oxygen atoms in total. The average molecular weight is 119 g/mol. The topological polar surface area (TPSA) is 0 Å². The quantitative estimate of drug-likeness (QED) is 0.427. The molecule has 0 aromatic carbocycles. The molecule has 0 aliphatic carbocycles. The first-order valence-corrected chi connectivity index (χ1v) is 0.945. The fraction of sp³-hybridized carbons (Fsp3) is 0.500. The van der Waals surface area contributed by atoms with E-state index < -0.39 is 6.43 Å². The van der Waals surface area contributed by atoms with Gasteiger partial charge in [0.05, 0.1) is 0 Å². The summed E-state index contributed by atoms with van der Waals surface area (Å²) in [6, 6.07) is 0. The third kappa shape index (κ3) is 614. The first kappa shape index (κ1) is 9.82. The number of halogens is 5. The minimum absolute atomic E-state index is 4.25. The zero-order valence-corrected chi connectivity index (χ0v) is 2.89. The molecule has 0 aliphatic heterocycles. The van der Waals surface area contributed by atoms with Crippen molar-refractivity contribution in [1.29, 1.82) is 0 Å². The molecular weight excluding hydrogens is 119 g/mol. The summed E-state index contributed by atoms with van der Waals surface area (Å²) in [5, 5.41) is 0. The third-order valence-electron chi connectivity index (χ3n) is 0. The molecule has 7 heavy (non-hydrogen) atoms. The average Bonchev–Trinajstić information content (AvgIpc) is 1.36. The Morgan fingerprint density at radius 3 is 0.857 bits per heavy atom. The Hall–Kier alpha value is -0.350. The molecule has 0 atom stereocenters. The van der Waals surface area contributed by atoms with Crippen LogP contribution in [-0.2, 0) is 0 Å². The summed E-state index contributed by atoms with van der Waals surface area (Å²) >= 11 is 0. The number of alkyl halides is 4. The lowest BCUT2D eigenvalue weighted by Gasteiger charge is -1.82. The van der Waals surface area contributed by atoms with Crippen LogP contribution in [-0.4, -0.2) is 6.43 Å². The van der Waals surface area contributed by atoms with Gasteiger partial charge in [-0.05, 0) is 0 Å². The fourth-order valence-corrected chi connectivity index (χ4v) is 0. The third-order valence-corrected chi connectivity index (χ3v) is 0. The van der Waals surface area contributed by atoms with Crippen molar-refractivity contribution >= 4 is 0 Å². The summed E-state index contributed by atoms with van der Waals surface area (Å²) in [4.78, 5) is 0. The van der Waals surface area contributed by atoms with Crippen molar-refractivity contribution in [3.63, 3.8) is 0 Å². The molecule has 0 spiro atoms. The van der Waals surface area contributed by atoms with Gasteiger partial charge < -0.3 is 0 Å². The smallest absolute Gasteiger partial charge is 0.232 e. The second kappa shape index (κ2) is 3.83. The van der Waals surface area contributed by atoms with E-state index in [1.807, 2.05) is 0 Å². The fourth-order valence-electron chi connectivity index (χ4n) is 0. The number of hydrogen-bond acceptors (Lipinski definition) is 0. The normalized spacial score (nSPS) is 9.43. The maximum Gasteiger partial charge on any atom is 0.559 e. The molecule has 0 heterocycles. The van der Waals surface area contributed by atoms with E-state index in [9.17, 15) is 17.6 Å². The molecule has 0 saturated heterocycles. The summed E-state index contributed by atoms with van der Waals surface area (Å²) in [6.07, 6.45) is -5.50. The Kier molecular flexibility index (Phi) is 5.37. The Morgan fingerprint density at radius 2 is 0.857 bits per heavy atom. The summed E-state index contributed by atoms with van der Waals surface area (Å²) in [6.45, 7) is 0. The van der Waals surface area contributed by atoms with Crippen molar-refractivity contribution < 1.29 is 22.0 Å². The maximum absolute atomic E-state index is 9.69. The second-order valence-corrected chi connectivity index (χ2v) is 0.429. The van der Waals surface area contributed by atoms with Crippen LogP contribution in [0.2, 0.25) is 0 Å². The molecule has 0 bridgehead atoms. The SMILES string of the molecule is FC(F)(F)F.[C]F. The van der Waals surface area contributed by atoms with E-state index in [2.05, 4.69) is 7.18 Å². The highest BCUT2D eigenvalue weighted by molar-refractivity contribution is 4.08. The van der Waals surface area contributed by atoms with Crippen LogP contribution in [0, 0.1) is 7.18 Å². The van der Waals surface area contributed by atoms with Crippen molar-refractivity contribution in [2.75, 3.05) is 0 Å². The van der Waals surface area contributed by atoms with Gasteiger partial charge >= 0.3 is 6.43 Å². The van der Waals surface area contributed by atoms with Crippen molar-refractivity contribution in [3.05, 3.63) is 7.18 Å². The Morgan fingerprint density at radius 1 is 0.857 bits per heavy atom. The van der Waals surface area contributed by atoms with E-state index >= 15 is 0 Å². The Bertz CT molecular complexity index is 21.6. The van der Waals surface area contributed by atoms with Crippen molar-refractivity contribution in [2.24, 2.45) is 0 Å². The van der Waals surface area contributed by atoms with Crippen LogP contribution in [0.15, 0.2) is 0 Å². The summed E-state index contributed by atoms with van der Waals surface area (Å²) in [7, 11) is 4.25. The lowest BCUT2D eigenvalue weighted by Crippen LogP contribution is -1.92. The lowest BCUT2D eigenvalue weighted by atomic mass is 11.5. The van der Waals surface area contributed by atoms with Crippen LogP contribution in [0.5, 0.6) is 0 Å². The molecule has 3 radical (unpaired) electrons. The van der Waals surface area contributed by atoms with Gasteiger partial charge in [0.2, 0.25) is 7.18 Å². The van der Waals surface area contributed by atoms with Crippen molar-refractivity contribution in [1.82, 2.24) is 0 Å². The summed E-state index contributed by atoms with van der Waals surface area (Å²) in [5.74, 6) is 0. The summed E-state index contributed by atoms with van der Waals surface area (Å²) < 4.78 is 47.5. The number of rotatable bonds is 0. The maximum atomic E-state index is 9.69. The highest BCUT2D eigenvalue weighted by atomic mass is 19.5. The molecular formula is C2F5. The zero-order chi connectivity index (χ0) is 6.50. The standard InChI is InChI=1S/CF4.CF/c2-1(3,4)5;1-2. The van der Waals surface area contributed by atoms with Gasteiger partial charge in [-0.1, -0.05) is 0 Å². The van der Waals surface area contributed by atoms with Crippen LogP contribution in [0.1, 0.15) is 0 Å². The monoisotopic (exact) mass is 119 g/mol. The predicted octanol–water partition coefficient (Wildman–Crippen LogP) is 1.98. The minimum Gasteiger partial charge on any atom is -0.232 e. The lowest BCUT2D eigenvalue weighted by molar-refractivity contribution is -0.237. The molecule has 0 saturated carbocycles. The molecule has 0 amide bonds. The van der Waals surface area contributed by atoms with E-state index in [1.165, 1.54) is 0 Å². The van der Waals surface area contributed by atoms with Gasteiger partial charge in [-0.3, -0.25) is 0 Å². The van der Waals surface area contributed by atoms with Gasteiger partial charge in [-0.15, -0.1) is 17.6 Å². The van der Waals surface area contributed by atoms with Crippen molar-refractivity contribution in [2.45, 2.75) is 6.43 Å². The van der Waals surface area contributed by atoms with Gasteiger partial charge in [-0.2, -0.15) is 0 Å². The van der Waals surface area contributed by atoms with Crippen LogP contribution >= 0.6 is 0 Å². The molecule has 0 N–H and O–H groups in total. The highest BCUT2D eigenvalue weighted by Gasteiger charge is 2.24. The molecule has 0 aromatic rings. The molecule has 0 unspecified atom stereocenters. The molecule has 0 fully saturated rings. The number of hydrogen-bond donors (Lipinski definition) is 0.